The highest BCUT2D eigenvalue weighted by Gasteiger charge is 2.12. The first-order valence-electron chi connectivity index (χ1n) is 5.66. The van der Waals surface area contributed by atoms with Gasteiger partial charge < -0.3 is 9.84 Å². The Bertz CT molecular complexity index is 393. The molecule has 0 amide bonds. The lowest BCUT2D eigenvalue weighted by Gasteiger charge is -2.20. The molecule has 0 radical (unpaired) electrons. The minimum atomic E-state index is 0.177. The van der Waals surface area contributed by atoms with Gasteiger partial charge in [-0.3, -0.25) is 0 Å². The van der Waals surface area contributed by atoms with E-state index >= 15 is 0 Å². The standard InChI is InChI=1S/C13H21NO2S/c1-9-8-12(16-5)10(2)11(3)13(9)17-14(4)6-7-15/h8,15H,6-7H2,1-5H3. The SMILES string of the molecule is COc1cc(C)c(SN(C)CCO)c(C)c1C. The van der Waals surface area contributed by atoms with E-state index in [0.717, 1.165) is 5.75 Å². The van der Waals surface area contributed by atoms with Gasteiger partial charge >= 0.3 is 0 Å². The molecule has 0 atom stereocenters. The number of hydrogen-bond donors (Lipinski definition) is 1. The Labute approximate surface area is 108 Å². The van der Waals surface area contributed by atoms with Crippen LogP contribution in [0.3, 0.4) is 0 Å². The predicted octanol–water partition coefficient (Wildman–Crippen LogP) is 2.55. The maximum atomic E-state index is 8.92. The van der Waals surface area contributed by atoms with Crippen molar-refractivity contribution in [3.8, 4) is 5.75 Å². The molecule has 0 aliphatic carbocycles. The third-order valence-electron chi connectivity index (χ3n) is 2.86. The number of nitrogens with zero attached hydrogens (tertiary/aromatic N) is 1. The van der Waals surface area contributed by atoms with Gasteiger partial charge in [-0.2, -0.15) is 0 Å². The predicted molar refractivity (Wildman–Crippen MR) is 72.8 cm³/mol. The van der Waals surface area contributed by atoms with Crippen LogP contribution < -0.4 is 4.74 Å². The molecular formula is C13H21NO2S. The zero-order valence-corrected chi connectivity index (χ0v) is 12.0. The molecule has 1 N–H and O–H groups in total. The number of benzene rings is 1. The Morgan fingerprint density at radius 2 is 1.94 bits per heavy atom. The summed E-state index contributed by atoms with van der Waals surface area (Å²) in [6, 6.07) is 2.07. The average Bonchev–Trinajstić information content (AvgIpc) is 2.29. The number of ether oxygens (including phenoxy) is 1. The Hall–Kier alpha value is -0.710. The van der Waals surface area contributed by atoms with Crippen LogP contribution in [0.25, 0.3) is 0 Å². The molecule has 0 saturated carbocycles. The molecular weight excluding hydrogens is 234 g/mol. The molecule has 0 bridgehead atoms. The van der Waals surface area contributed by atoms with E-state index in [-0.39, 0.29) is 6.61 Å². The van der Waals surface area contributed by atoms with E-state index in [1.54, 1.807) is 19.1 Å². The van der Waals surface area contributed by atoms with E-state index in [1.165, 1.54) is 21.6 Å². The first kappa shape index (κ1) is 14.4. The molecule has 0 unspecified atom stereocenters. The van der Waals surface area contributed by atoms with Crippen LogP contribution in [0.15, 0.2) is 11.0 Å². The molecule has 0 spiro atoms. The van der Waals surface area contributed by atoms with Crippen molar-refractivity contribution in [2.75, 3.05) is 27.3 Å². The summed E-state index contributed by atoms with van der Waals surface area (Å²) < 4.78 is 7.39. The van der Waals surface area contributed by atoms with Crippen molar-refractivity contribution in [2.24, 2.45) is 0 Å². The lowest BCUT2D eigenvalue weighted by molar-refractivity contribution is 0.273. The minimum Gasteiger partial charge on any atom is -0.496 e. The van der Waals surface area contributed by atoms with Gasteiger partial charge in [-0.15, -0.1) is 0 Å². The van der Waals surface area contributed by atoms with Crippen molar-refractivity contribution >= 4 is 11.9 Å². The molecule has 1 aromatic rings. The van der Waals surface area contributed by atoms with E-state index in [2.05, 4.69) is 26.8 Å². The molecule has 4 heteroatoms. The molecule has 1 aromatic carbocycles. The van der Waals surface area contributed by atoms with Crippen LogP contribution in [-0.4, -0.2) is 36.7 Å². The smallest absolute Gasteiger partial charge is 0.122 e. The highest BCUT2D eigenvalue weighted by atomic mass is 32.2. The van der Waals surface area contributed by atoms with Crippen molar-refractivity contribution < 1.29 is 9.84 Å². The number of aliphatic hydroxyl groups is 1. The van der Waals surface area contributed by atoms with Crippen LogP contribution in [0, 0.1) is 20.8 Å². The fourth-order valence-electron chi connectivity index (χ4n) is 1.72. The van der Waals surface area contributed by atoms with Crippen LogP contribution in [0.4, 0.5) is 0 Å². The number of hydrogen-bond acceptors (Lipinski definition) is 4. The Morgan fingerprint density at radius 1 is 1.29 bits per heavy atom. The summed E-state index contributed by atoms with van der Waals surface area (Å²) in [7, 11) is 3.69. The van der Waals surface area contributed by atoms with Gasteiger partial charge in [-0.25, -0.2) is 4.31 Å². The van der Waals surface area contributed by atoms with Crippen molar-refractivity contribution in [3.63, 3.8) is 0 Å². The minimum absolute atomic E-state index is 0.177. The lowest BCUT2D eigenvalue weighted by atomic mass is 10.1. The molecule has 0 aromatic heterocycles. The van der Waals surface area contributed by atoms with Crippen molar-refractivity contribution in [1.82, 2.24) is 4.31 Å². The Kier molecular flexibility index (Phi) is 5.31. The number of aryl methyl sites for hydroxylation is 1. The van der Waals surface area contributed by atoms with Crippen molar-refractivity contribution in [3.05, 3.63) is 22.8 Å². The zero-order chi connectivity index (χ0) is 13.0. The van der Waals surface area contributed by atoms with Crippen LogP contribution in [-0.2, 0) is 0 Å². The molecule has 96 valence electrons. The number of aliphatic hydroxyl groups excluding tert-OH is 1. The summed E-state index contributed by atoms with van der Waals surface area (Å²) >= 11 is 1.67. The second kappa shape index (κ2) is 6.28. The number of methoxy groups -OCH3 is 1. The Balaban J connectivity index is 3.04. The van der Waals surface area contributed by atoms with E-state index in [4.69, 9.17) is 9.84 Å². The van der Waals surface area contributed by atoms with Gasteiger partial charge in [0.15, 0.2) is 0 Å². The highest BCUT2D eigenvalue weighted by Crippen LogP contribution is 2.34. The quantitative estimate of drug-likeness (QED) is 0.820. The molecule has 0 fully saturated rings. The third-order valence-corrected chi connectivity index (χ3v) is 4.17. The van der Waals surface area contributed by atoms with E-state index < -0.39 is 0 Å². The molecule has 1 rings (SSSR count). The Morgan fingerprint density at radius 3 is 2.47 bits per heavy atom. The second-order valence-electron chi connectivity index (χ2n) is 4.14. The monoisotopic (exact) mass is 255 g/mol. The van der Waals surface area contributed by atoms with Gasteiger partial charge in [0, 0.05) is 11.4 Å². The normalized spacial score (nSPS) is 11.0. The first-order valence-corrected chi connectivity index (χ1v) is 6.43. The van der Waals surface area contributed by atoms with Gasteiger partial charge in [0.05, 0.1) is 13.7 Å². The summed E-state index contributed by atoms with van der Waals surface area (Å²) in [6.07, 6.45) is 0. The highest BCUT2D eigenvalue weighted by molar-refractivity contribution is 7.97. The summed E-state index contributed by atoms with van der Waals surface area (Å²) in [5, 5.41) is 8.92. The molecule has 0 heterocycles. The van der Waals surface area contributed by atoms with Gasteiger partial charge in [0.2, 0.25) is 0 Å². The second-order valence-corrected chi connectivity index (χ2v) is 5.36. The van der Waals surface area contributed by atoms with Gasteiger partial charge in [0.1, 0.15) is 5.75 Å². The van der Waals surface area contributed by atoms with Gasteiger partial charge in [-0.1, -0.05) is 0 Å². The van der Waals surface area contributed by atoms with Crippen LogP contribution in [0.2, 0.25) is 0 Å². The molecule has 3 nitrogen and oxygen atoms in total. The molecule has 0 saturated heterocycles. The third kappa shape index (κ3) is 3.37. The average molecular weight is 255 g/mol. The number of likely N-dealkylation sites (N-methyl/N-ethyl adjacent to an activating group) is 1. The number of rotatable bonds is 5. The van der Waals surface area contributed by atoms with E-state index in [9.17, 15) is 0 Å². The van der Waals surface area contributed by atoms with Crippen LogP contribution in [0.5, 0.6) is 5.75 Å². The lowest BCUT2D eigenvalue weighted by Crippen LogP contribution is -2.14. The largest absolute Gasteiger partial charge is 0.496 e. The summed E-state index contributed by atoms with van der Waals surface area (Å²) in [4.78, 5) is 1.25. The fraction of sp³-hybridized carbons (Fsp3) is 0.538. The van der Waals surface area contributed by atoms with E-state index in [0.29, 0.717) is 6.54 Å². The first-order chi connectivity index (χ1) is 8.01. The van der Waals surface area contributed by atoms with Crippen LogP contribution in [0.1, 0.15) is 16.7 Å². The topological polar surface area (TPSA) is 32.7 Å². The molecule has 0 aliphatic rings. The summed E-state index contributed by atoms with van der Waals surface area (Å²) in [5.74, 6) is 0.939. The summed E-state index contributed by atoms with van der Waals surface area (Å²) in [6.45, 7) is 7.11. The fourth-order valence-corrected chi connectivity index (χ4v) is 2.69. The van der Waals surface area contributed by atoms with Gasteiger partial charge in [0.25, 0.3) is 0 Å². The van der Waals surface area contributed by atoms with Crippen molar-refractivity contribution in [2.45, 2.75) is 25.7 Å². The van der Waals surface area contributed by atoms with E-state index in [1.807, 2.05) is 11.4 Å². The van der Waals surface area contributed by atoms with Gasteiger partial charge in [-0.05, 0) is 62.5 Å². The summed E-state index contributed by atoms with van der Waals surface area (Å²) in [5.41, 5.74) is 3.63. The van der Waals surface area contributed by atoms with Crippen LogP contribution >= 0.6 is 11.9 Å². The maximum absolute atomic E-state index is 8.92. The molecule has 17 heavy (non-hydrogen) atoms. The molecule has 0 aliphatic heterocycles. The maximum Gasteiger partial charge on any atom is 0.122 e. The van der Waals surface area contributed by atoms with Crippen molar-refractivity contribution in [1.29, 1.82) is 0 Å². The zero-order valence-electron chi connectivity index (χ0n) is 11.2.